The van der Waals surface area contributed by atoms with Crippen LogP contribution in [0.3, 0.4) is 0 Å². The molecule has 1 atom stereocenters. The Morgan fingerprint density at radius 2 is 2.18 bits per heavy atom. The van der Waals surface area contributed by atoms with E-state index in [-0.39, 0.29) is 29.6 Å². The molecule has 28 heavy (non-hydrogen) atoms. The van der Waals surface area contributed by atoms with Gasteiger partial charge in [0.15, 0.2) is 11.4 Å². The van der Waals surface area contributed by atoms with Crippen LogP contribution >= 0.6 is 0 Å². The number of nitrogens with zero attached hydrogens (tertiary/aromatic N) is 4. The Balaban J connectivity index is 1.69. The highest BCUT2D eigenvalue weighted by Crippen LogP contribution is 2.17. The Hall–Kier alpha value is -3.26. The topological polar surface area (TPSA) is 97.0 Å². The van der Waals surface area contributed by atoms with Crippen molar-refractivity contribution in [3.63, 3.8) is 0 Å². The van der Waals surface area contributed by atoms with Gasteiger partial charge in [-0.15, -0.1) is 0 Å². The van der Waals surface area contributed by atoms with Crippen LogP contribution in [0.15, 0.2) is 53.7 Å². The van der Waals surface area contributed by atoms with Gasteiger partial charge in [-0.2, -0.15) is 0 Å². The summed E-state index contributed by atoms with van der Waals surface area (Å²) < 4.78 is 6.85. The summed E-state index contributed by atoms with van der Waals surface area (Å²) in [6.45, 7) is 1.31. The molecule has 0 spiro atoms. The van der Waals surface area contributed by atoms with E-state index in [1.54, 1.807) is 11.1 Å². The lowest BCUT2D eigenvalue weighted by Gasteiger charge is -2.25. The molecule has 4 heterocycles. The van der Waals surface area contributed by atoms with Crippen molar-refractivity contribution in [2.24, 2.45) is 0 Å². The lowest BCUT2D eigenvalue weighted by Crippen LogP contribution is -2.40. The summed E-state index contributed by atoms with van der Waals surface area (Å²) in [6, 6.07) is 8.46. The molecule has 1 N–H and O–H groups in total. The van der Waals surface area contributed by atoms with Gasteiger partial charge in [0, 0.05) is 31.7 Å². The van der Waals surface area contributed by atoms with E-state index in [9.17, 15) is 14.7 Å². The number of rotatable bonds is 5. The van der Waals surface area contributed by atoms with Gasteiger partial charge in [-0.25, -0.2) is 4.98 Å². The third-order valence-corrected chi connectivity index (χ3v) is 4.76. The van der Waals surface area contributed by atoms with Gasteiger partial charge >= 0.3 is 0 Å². The summed E-state index contributed by atoms with van der Waals surface area (Å²) >= 11 is 0. The lowest BCUT2D eigenvalue weighted by molar-refractivity contribution is 0.0502. The maximum absolute atomic E-state index is 13.2. The quantitative estimate of drug-likeness (QED) is 0.722. The summed E-state index contributed by atoms with van der Waals surface area (Å²) in [5, 5.41) is 9.88. The molecule has 0 aromatic carbocycles. The van der Waals surface area contributed by atoms with E-state index in [1.165, 1.54) is 28.9 Å². The molecule has 0 aliphatic carbocycles. The van der Waals surface area contributed by atoms with E-state index < -0.39 is 11.5 Å². The molecule has 1 saturated heterocycles. The number of amides is 1. The first kappa shape index (κ1) is 18.1. The normalized spacial score (nSPS) is 16.4. The predicted octanol–water partition coefficient (Wildman–Crippen LogP) is 1.62. The van der Waals surface area contributed by atoms with Crippen molar-refractivity contribution < 1.29 is 14.6 Å². The van der Waals surface area contributed by atoms with Crippen molar-refractivity contribution >= 4 is 11.6 Å². The summed E-state index contributed by atoms with van der Waals surface area (Å²) in [6.07, 6.45) is 6.13. The van der Waals surface area contributed by atoms with Crippen LogP contribution in [0.2, 0.25) is 0 Å². The smallest absolute Gasteiger partial charge is 0.270 e. The van der Waals surface area contributed by atoms with Gasteiger partial charge in [0.25, 0.3) is 11.5 Å². The van der Waals surface area contributed by atoms with Crippen LogP contribution in [-0.2, 0) is 11.3 Å². The molecule has 1 aliphatic heterocycles. The first-order valence-electron chi connectivity index (χ1n) is 9.13. The van der Waals surface area contributed by atoms with Crippen LogP contribution in [0.25, 0.3) is 5.65 Å². The van der Waals surface area contributed by atoms with Crippen molar-refractivity contribution in [1.82, 2.24) is 19.3 Å². The highest BCUT2D eigenvalue weighted by Gasteiger charge is 2.26. The first-order chi connectivity index (χ1) is 13.6. The Morgan fingerprint density at radius 1 is 1.29 bits per heavy atom. The second kappa shape index (κ2) is 7.77. The summed E-state index contributed by atoms with van der Waals surface area (Å²) in [5.74, 6) is -0.556. The molecule has 3 aromatic heterocycles. The Kier molecular flexibility index (Phi) is 5.03. The van der Waals surface area contributed by atoms with Crippen LogP contribution in [0.4, 0.5) is 0 Å². The van der Waals surface area contributed by atoms with Crippen molar-refractivity contribution in [2.75, 3.05) is 13.2 Å². The number of carbonyl (C=O) groups is 1. The molecular weight excluding hydrogens is 360 g/mol. The van der Waals surface area contributed by atoms with Gasteiger partial charge in [0.2, 0.25) is 0 Å². The number of pyridine rings is 2. The second-order valence-corrected chi connectivity index (χ2v) is 6.71. The minimum absolute atomic E-state index is 0.0583. The van der Waals surface area contributed by atoms with E-state index in [0.717, 1.165) is 18.5 Å². The number of hydrogen-bond acceptors (Lipinski definition) is 6. The van der Waals surface area contributed by atoms with Crippen LogP contribution in [-0.4, -0.2) is 49.5 Å². The van der Waals surface area contributed by atoms with Crippen molar-refractivity contribution in [3.8, 4) is 5.75 Å². The van der Waals surface area contributed by atoms with E-state index in [4.69, 9.17) is 4.74 Å². The fourth-order valence-electron chi connectivity index (χ4n) is 3.35. The van der Waals surface area contributed by atoms with E-state index >= 15 is 0 Å². The highest BCUT2D eigenvalue weighted by molar-refractivity contribution is 5.93. The molecule has 0 bridgehead atoms. The monoisotopic (exact) mass is 380 g/mol. The average molecular weight is 380 g/mol. The minimum atomic E-state index is -0.524. The number of fused-ring (bicyclic) bond motifs is 1. The van der Waals surface area contributed by atoms with Gasteiger partial charge < -0.3 is 14.7 Å². The van der Waals surface area contributed by atoms with Gasteiger partial charge in [0.1, 0.15) is 5.56 Å². The van der Waals surface area contributed by atoms with E-state index in [0.29, 0.717) is 13.2 Å². The lowest BCUT2D eigenvalue weighted by atomic mass is 10.2. The third kappa shape index (κ3) is 3.59. The molecule has 1 amide bonds. The zero-order valence-electron chi connectivity index (χ0n) is 15.2. The van der Waals surface area contributed by atoms with E-state index in [1.807, 2.05) is 18.2 Å². The molecule has 0 radical (unpaired) electrons. The number of aromatic hydroxyl groups is 1. The predicted molar refractivity (Wildman–Crippen MR) is 101 cm³/mol. The summed E-state index contributed by atoms with van der Waals surface area (Å²) in [4.78, 5) is 36.0. The molecule has 8 nitrogen and oxygen atoms in total. The molecular formula is C20H20N4O4. The van der Waals surface area contributed by atoms with Crippen LogP contribution in [0, 0.1) is 0 Å². The summed E-state index contributed by atoms with van der Waals surface area (Å²) in [5.41, 5.74) is 0.251. The molecule has 8 heteroatoms. The highest BCUT2D eigenvalue weighted by atomic mass is 16.5. The Labute approximate surface area is 161 Å². The minimum Gasteiger partial charge on any atom is -0.504 e. The molecule has 4 rings (SSSR count). The van der Waals surface area contributed by atoms with Gasteiger partial charge in [0.05, 0.1) is 18.3 Å². The van der Waals surface area contributed by atoms with Gasteiger partial charge in [-0.05, 0) is 37.1 Å². The van der Waals surface area contributed by atoms with E-state index in [2.05, 4.69) is 9.97 Å². The molecule has 1 aliphatic rings. The number of ether oxygens (including phenoxy) is 1. The SMILES string of the molecule is O=C(c1cnc2c(O)cccn2c1=O)N(Cc1ccccn1)C[C@H]1CCCO1. The first-order valence-corrected chi connectivity index (χ1v) is 9.13. The Morgan fingerprint density at radius 3 is 2.93 bits per heavy atom. The third-order valence-electron chi connectivity index (χ3n) is 4.76. The second-order valence-electron chi connectivity index (χ2n) is 6.71. The largest absolute Gasteiger partial charge is 0.504 e. The fraction of sp³-hybridized carbons (Fsp3) is 0.300. The van der Waals surface area contributed by atoms with Gasteiger partial charge in [-0.3, -0.25) is 19.0 Å². The van der Waals surface area contributed by atoms with Crippen molar-refractivity contribution in [1.29, 1.82) is 0 Å². The molecule has 0 unspecified atom stereocenters. The molecule has 3 aromatic rings. The maximum Gasteiger partial charge on any atom is 0.270 e. The van der Waals surface area contributed by atoms with Crippen LogP contribution < -0.4 is 5.56 Å². The van der Waals surface area contributed by atoms with Crippen molar-refractivity contribution in [3.05, 3.63) is 70.5 Å². The zero-order valence-corrected chi connectivity index (χ0v) is 15.2. The Bertz CT molecular complexity index is 1050. The maximum atomic E-state index is 13.2. The van der Waals surface area contributed by atoms with Gasteiger partial charge in [-0.1, -0.05) is 6.07 Å². The molecule has 1 fully saturated rings. The molecule has 0 saturated carbocycles. The molecule has 144 valence electrons. The zero-order chi connectivity index (χ0) is 19.5. The fourth-order valence-corrected chi connectivity index (χ4v) is 3.35. The summed E-state index contributed by atoms with van der Waals surface area (Å²) in [7, 11) is 0. The van der Waals surface area contributed by atoms with Crippen molar-refractivity contribution in [2.45, 2.75) is 25.5 Å². The number of aromatic nitrogens is 3. The average Bonchev–Trinajstić information content (AvgIpc) is 3.22. The number of carbonyl (C=O) groups excluding carboxylic acids is 1. The van der Waals surface area contributed by atoms with Crippen LogP contribution in [0.5, 0.6) is 5.75 Å². The standard InChI is InChI=1S/C20H20N4O4/c25-17-7-3-9-24-18(17)22-11-16(20(24)27)19(26)23(13-15-6-4-10-28-15)12-14-5-1-2-8-21-14/h1-3,5,7-9,11,15,25H,4,6,10,12-13H2/t15-/m1/s1. The van der Waals surface area contributed by atoms with Crippen LogP contribution in [0.1, 0.15) is 28.9 Å². The number of hydrogen-bond donors (Lipinski definition) is 1.